The molecule has 1 aromatic carbocycles. The topological polar surface area (TPSA) is 72.7 Å². The van der Waals surface area contributed by atoms with Gasteiger partial charge >= 0.3 is 0 Å². The van der Waals surface area contributed by atoms with Crippen molar-refractivity contribution in [2.75, 3.05) is 5.32 Å². The predicted octanol–water partition coefficient (Wildman–Crippen LogP) is 4.52. The molecule has 5 rings (SSSR count). The normalized spacial score (nSPS) is 18.3. The van der Waals surface area contributed by atoms with E-state index in [0.717, 1.165) is 16.0 Å². The summed E-state index contributed by atoms with van der Waals surface area (Å²) in [6.07, 6.45) is 10.5. The summed E-state index contributed by atoms with van der Waals surface area (Å²) in [6.45, 7) is 0. The van der Waals surface area contributed by atoms with Crippen LogP contribution in [0, 0.1) is 0 Å². The second-order valence-corrected chi connectivity index (χ2v) is 8.33. The van der Waals surface area contributed by atoms with Gasteiger partial charge in [-0.3, -0.25) is 10.1 Å². The van der Waals surface area contributed by atoms with Gasteiger partial charge < -0.3 is 4.57 Å². The van der Waals surface area contributed by atoms with Crippen LogP contribution in [0.3, 0.4) is 0 Å². The Morgan fingerprint density at radius 3 is 2.77 bits per heavy atom. The molecule has 7 heteroatoms. The Hall–Kier alpha value is -2.28. The van der Waals surface area contributed by atoms with Crippen molar-refractivity contribution in [1.82, 2.24) is 19.7 Å². The van der Waals surface area contributed by atoms with E-state index in [0.29, 0.717) is 22.7 Å². The van der Waals surface area contributed by atoms with Crippen LogP contribution in [0.4, 0.5) is 5.13 Å². The molecule has 0 bridgehead atoms. The molecule has 26 heavy (non-hydrogen) atoms. The molecular formula is C19H21N5OS. The van der Waals surface area contributed by atoms with Crippen molar-refractivity contribution in [2.24, 2.45) is 0 Å². The summed E-state index contributed by atoms with van der Waals surface area (Å²) >= 11 is 1.51. The first-order chi connectivity index (χ1) is 12.8. The molecule has 1 N–H and O–H groups in total. The second-order valence-electron chi connectivity index (χ2n) is 7.32. The number of rotatable bonds is 4. The molecule has 3 aromatic rings. The highest BCUT2D eigenvalue weighted by atomic mass is 32.1. The Kier molecular flexibility index (Phi) is 3.96. The van der Waals surface area contributed by atoms with Gasteiger partial charge in [0.15, 0.2) is 0 Å². The van der Waals surface area contributed by atoms with E-state index in [2.05, 4.69) is 25.1 Å². The van der Waals surface area contributed by atoms with Gasteiger partial charge in [-0.1, -0.05) is 30.6 Å². The average molecular weight is 367 g/mol. The van der Waals surface area contributed by atoms with E-state index in [1.165, 1.54) is 56.3 Å². The van der Waals surface area contributed by atoms with Crippen molar-refractivity contribution in [3.63, 3.8) is 0 Å². The van der Waals surface area contributed by atoms with Crippen molar-refractivity contribution in [2.45, 2.75) is 56.9 Å². The van der Waals surface area contributed by atoms with Crippen LogP contribution in [0.5, 0.6) is 0 Å². The monoisotopic (exact) mass is 367 g/mol. The van der Waals surface area contributed by atoms with Gasteiger partial charge in [0.1, 0.15) is 5.01 Å². The third-order valence-electron chi connectivity index (χ3n) is 5.39. The van der Waals surface area contributed by atoms with Crippen molar-refractivity contribution in [1.29, 1.82) is 0 Å². The van der Waals surface area contributed by atoms with Gasteiger partial charge in [0.25, 0.3) is 5.91 Å². The van der Waals surface area contributed by atoms with Crippen LogP contribution in [0.25, 0.3) is 11.0 Å². The van der Waals surface area contributed by atoms with Crippen LogP contribution in [0.2, 0.25) is 0 Å². The first kappa shape index (κ1) is 15.9. The number of hydrogen-bond acceptors (Lipinski definition) is 5. The van der Waals surface area contributed by atoms with Crippen molar-refractivity contribution >= 4 is 33.4 Å². The lowest BCUT2D eigenvalue weighted by Gasteiger charge is -2.18. The second kappa shape index (κ2) is 6.46. The SMILES string of the molecule is O=C(Nc1nnc(C2CCCCC2)s1)c1ccc2c(c1)ncn2C1CC1. The fraction of sp³-hybridized carbons (Fsp3) is 0.474. The number of carbonyl (C=O) groups is 1. The number of hydrogen-bond donors (Lipinski definition) is 1. The fourth-order valence-corrected chi connectivity index (χ4v) is 4.69. The van der Waals surface area contributed by atoms with Gasteiger partial charge in [-0.25, -0.2) is 4.98 Å². The van der Waals surface area contributed by atoms with E-state index >= 15 is 0 Å². The van der Waals surface area contributed by atoms with Crippen molar-refractivity contribution in [3.05, 3.63) is 35.1 Å². The highest BCUT2D eigenvalue weighted by molar-refractivity contribution is 7.15. The van der Waals surface area contributed by atoms with Gasteiger partial charge in [0.2, 0.25) is 5.13 Å². The average Bonchev–Trinajstić information content (AvgIpc) is 3.26. The van der Waals surface area contributed by atoms with Crippen LogP contribution in [0.15, 0.2) is 24.5 Å². The van der Waals surface area contributed by atoms with Gasteiger partial charge in [0, 0.05) is 17.5 Å². The van der Waals surface area contributed by atoms with E-state index in [1.54, 1.807) is 0 Å². The van der Waals surface area contributed by atoms with Crippen LogP contribution in [-0.2, 0) is 0 Å². The largest absolute Gasteiger partial charge is 0.327 e. The van der Waals surface area contributed by atoms with E-state index in [-0.39, 0.29) is 5.91 Å². The molecular weight excluding hydrogens is 346 g/mol. The molecule has 0 aliphatic heterocycles. The number of nitrogens with one attached hydrogen (secondary N) is 1. The summed E-state index contributed by atoms with van der Waals surface area (Å²) in [5.41, 5.74) is 2.57. The van der Waals surface area contributed by atoms with Crippen LogP contribution in [0.1, 0.15) is 72.3 Å². The zero-order valence-corrected chi connectivity index (χ0v) is 15.3. The summed E-state index contributed by atoms with van der Waals surface area (Å²) in [5.74, 6) is 0.355. The smallest absolute Gasteiger partial charge is 0.257 e. The van der Waals surface area contributed by atoms with Crippen LogP contribution < -0.4 is 5.32 Å². The van der Waals surface area contributed by atoms with Gasteiger partial charge in [0.05, 0.1) is 17.4 Å². The number of nitrogens with zero attached hydrogens (tertiary/aromatic N) is 4. The fourth-order valence-electron chi connectivity index (χ4n) is 3.79. The zero-order valence-electron chi connectivity index (χ0n) is 14.5. The van der Waals surface area contributed by atoms with Crippen LogP contribution >= 0.6 is 11.3 Å². The lowest BCUT2D eigenvalue weighted by atomic mass is 9.90. The van der Waals surface area contributed by atoms with Gasteiger partial charge in [-0.2, -0.15) is 0 Å². The molecule has 134 valence electrons. The number of anilines is 1. The van der Waals surface area contributed by atoms with Crippen LogP contribution in [-0.4, -0.2) is 25.7 Å². The van der Waals surface area contributed by atoms with E-state index in [4.69, 9.17) is 0 Å². The number of imidazole rings is 1. The summed E-state index contributed by atoms with van der Waals surface area (Å²) in [7, 11) is 0. The number of carbonyl (C=O) groups excluding carboxylic acids is 1. The maximum absolute atomic E-state index is 12.6. The Morgan fingerprint density at radius 2 is 1.96 bits per heavy atom. The number of aromatic nitrogens is 4. The van der Waals surface area contributed by atoms with Gasteiger partial charge in [-0.05, 0) is 43.9 Å². The Morgan fingerprint density at radius 1 is 1.12 bits per heavy atom. The summed E-state index contributed by atoms with van der Waals surface area (Å²) in [6, 6.07) is 6.29. The molecule has 0 radical (unpaired) electrons. The molecule has 0 spiro atoms. The van der Waals surface area contributed by atoms with Crippen molar-refractivity contribution in [3.8, 4) is 0 Å². The highest BCUT2D eigenvalue weighted by Gasteiger charge is 2.25. The minimum atomic E-state index is -0.154. The molecule has 6 nitrogen and oxygen atoms in total. The first-order valence-corrected chi connectivity index (χ1v) is 10.2. The summed E-state index contributed by atoms with van der Waals surface area (Å²) in [4.78, 5) is 17.0. The minimum Gasteiger partial charge on any atom is -0.327 e. The number of benzene rings is 1. The number of amides is 1. The molecule has 2 aliphatic rings. The van der Waals surface area contributed by atoms with E-state index in [9.17, 15) is 4.79 Å². The maximum Gasteiger partial charge on any atom is 0.257 e. The maximum atomic E-state index is 12.6. The van der Waals surface area contributed by atoms with E-state index in [1.807, 2.05) is 24.5 Å². The van der Waals surface area contributed by atoms with Crippen molar-refractivity contribution < 1.29 is 4.79 Å². The third kappa shape index (κ3) is 3.00. The van der Waals surface area contributed by atoms with E-state index < -0.39 is 0 Å². The molecule has 2 aromatic heterocycles. The minimum absolute atomic E-state index is 0.154. The standard InChI is InChI=1S/C19H21N5OS/c25-17(21-19-23-22-18(26-19)12-4-2-1-3-5-12)13-6-9-16-15(10-13)20-11-24(16)14-7-8-14/h6,9-12,14H,1-5,7-8H2,(H,21,23,25). The Bertz CT molecular complexity index is 952. The quantitative estimate of drug-likeness (QED) is 0.736. The number of fused-ring (bicyclic) bond motifs is 1. The third-order valence-corrected chi connectivity index (χ3v) is 6.39. The molecule has 2 aliphatic carbocycles. The lowest BCUT2D eigenvalue weighted by Crippen LogP contribution is -2.11. The first-order valence-electron chi connectivity index (χ1n) is 9.39. The predicted molar refractivity (Wildman–Crippen MR) is 102 cm³/mol. The highest BCUT2D eigenvalue weighted by Crippen LogP contribution is 2.37. The molecule has 0 saturated heterocycles. The Labute approximate surface area is 155 Å². The Balaban J connectivity index is 1.32. The summed E-state index contributed by atoms with van der Waals surface area (Å²) in [5, 5.41) is 13.0. The van der Waals surface area contributed by atoms with Gasteiger partial charge in [-0.15, -0.1) is 10.2 Å². The molecule has 0 unspecified atom stereocenters. The summed E-state index contributed by atoms with van der Waals surface area (Å²) < 4.78 is 2.21. The zero-order chi connectivity index (χ0) is 17.5. The molecule has 2 fully saturated rings. The molecule has 1 amide bonds. The molecule has 0 atom stereocenters. The molecule has 2 heterocycles. The molecule has 2 saturated carbocycles. The lowest BCUT2D eigenvalue weighted by molar-refractivity contribution is 0.102.